The van der Waals surface area contributed by atoms with Crippen molar-refractivity contribution in [2.45, 2.75) is 45.3 Å². The van der Waals surface area contributed by atoms with Gasteiger partial charge in [0.2, 0.25) is 0 Å². The highest BCUT2D eigenvalue weighted by Gasteiger charge is 2.33. The van der Waals surface area contributed by atoms with Crippen molar-refractivity contribution in [1.29, 1.82) is 0 Å². The predicted octanol–water partition coefficient (Wildman–Crippen LogP) is 1.49. The van der Waals surface area contributed by atoms with Crippen LogP contribution in [-0.4, -0.2) is 49.3 Å². The summed E-state index contributed by atoms with van der Waals surface area (Å²) in [6.07, 6.45) is 2.77. The van der Waals surface area contributed by atoms with Gasteiger partial charge >= 0.3 is 0 Å². The van der Waals surface area contributed by atoms with Crippen LogP contribution in [0.4, 0.5) is 0 Å². The van der Waals surface area contributed by atoms with Crippen LogP contribution in [-0.2, 0) is 4.74 Å². The van der Waals surface area contributed by atoms with Crippen molar-refractivity contribution in [3.8, 4) is 0 Å². The zero-order valence-corrected chi connectivity index (χ0v) is 11.0. The molecule has 2 rings (SSSR count). The third-order valence-corrected chi connectivity index (χ3v) is 3.62. The highest BCUT2D eigenvalue weighted by molar-refractivity contribution is 4.91. The summed E-state index contributed by atoms with van der Waals surface area (Å²) >= 11 is 0. The molecule has 2 fully saturated rings. The Morgan fingerprint density at radius 3 is 2.81 bits per heavy atom. The molecule has 94 valence electrons. The summed E-state index contributed by atoms with van der Waals surface area (Å²) in [6, 6.07) is 0.753. The van der Waals surface area contributed by atoms with Crippen molar-refractivity contribution in [2.24, 2.45) is 5.92 Å². The lowest BCUT2D eigenvalue weighted by Gasteiger charge is -2.24. The second-order valence-corrected chi connectivity index (χ2v) is 6.18. The molecule has 0 bridgehead atoms. The monoisotopic (exact) mass is 226 g/mol. The first-order chi connectivity index (χ1) is 7.54. The van der Waals surface area contributed by atoms with Crippen LogP contribution in [0.25, 0.3) is 0 Å². The minimum absolute atomic E-state index is 0.00470. The SMILES string of the molecule is CC(C)(C)OCCN1C[C@@H]2CCCN[C@@H]2C1. The molecular weight excluding hydrogens is 200 g/mol. The number of rotatable bonds is 3. The van der Waals surface area contributed by atoms with Gasteiger partial charge in [-0.25, -0.2) is 0 Å². The molecule has 0 spiro atoms. The molecule has 0 aliphatic carbocycles. The van der Waals surface area contributed by atoms with Crippen LogP contribution in [0, 0.1) is 5.92 Å². The molecule has 0 amide bonds. The summed E-state index contributed by atoms with van der Waals surface area (Å²) in [6.45, 7) is 12.0. The normalized spacial score (nSPS) is 31.7. The highest BCUT2D eigenvalue weighted by atomic mass is 16.5. The number of hydrogen-bond donors (Lipinski definition) is 1. The van der Waals surface area contributed by atoms with Crippen molar-refractivity contribution in [3.63, 3.8) is 0 Å². The number of piperidine rings is 1. The third kappa shape index (κ3) is 3.44. The van der Waals surface area contributed by atoms with E-state index in [0.717, 1.165) is 25.1 Å². The van der Waals surface area contributed by atoms with Gasteiger partial charge in [-0.05, 0) is 46.1 Å². The Morgan fingerprint density at radius 2 is 2.12 bits per heavy atom. The maximum atomic E-state index is 5.78. The number of nitrogens with one attached hydrogen (secondary N) is 1. The molecule has 2 saturated heterocycles. The molecule has 2 atom stereocenters. The van der Waals surface area contributed by atoms with E-state index < -0.39 is 0 Å². The third-order valence-electron chi connectivity index (χ3n) is 3.62. The molecule has 2 aliphatic heterocycles. The van der Waals surface area contributed by atoms with Crippen molar-refractivity contribution in [3.05, 3.63) is 0 Å². The smallest absolute Gasteiger partial charge is 0.0600 e. The predicted molar refractivity (Wildman–Crippen MR) is 66.7 cm³/mol. The fourth-order valence-electron chi connectivity index (χ4n) is 2.80. The topological polar surface area (TPSA) is 24.5 Å². The van der Waals surface area contributed by atoms with Gasteiger partial charge in [0.1, 0.15) is 0 Å². The zero-order valence-electron chi connectivity index (χ0n) is 11.0. The summed E-state index contributed by atoms with van der Waals surface area (Å²) in [4.78, 5) is 2.55. The molecule has 1 N–H and O–H groups in total. The molecular formula is C13H26N2O. The van der Waals surface area contributed by atoms with Crippen LogP contribution in [0.1, 0.15) is 33.6 Å². The first-order valence-electron chi connectivity index (χ1n) is 6.64. The van der Waals surface area contributed by atoms with E-state index in [0.29, 0.717) is 0 Å². The van der Waals surface area contributed by atoms with Gasteiger partial charge in [-0.1, -0.05) is 0 Å². The molecule has 3 nitrogen and oxygen atoms in total. The molecule has 16 heavy (non-hydrogen) atoms. The van der Waals surface area contributed by atoms with Gasteiger partial charge in [-0.15, -0.1) is 0 Å². The molecule has 2 heterocycles. The van der Waals surface area contributed by atoms with Gasteiger partial charge in [0, 0.05) is 25.7 Å². The summed E-state index contributed by atoms with van der Waals surface area (Å²) in [5, 5.41) is 3.64. The Labute approximate surface area is 99.5 Å². The lowest BCUT2D eigenvalue weighted by atomic mass is 9.94. The van der Waals surface area contributed by atoms with Gasteiger partial charge in [0.25, 0.3) is 0 Å². The van der Waals surface area contributed by atoms with Crippen LogP contribution in [0.5, 0.6) is 0 Å². The largest absolute Gasteiger partial charge is 0.375 e. The average Bonchev–Trinajstić information content (AvgIpc) is 2.57. The maximum Gasteiger partial charge on any atom is 0.0600 e. The standard InChI is InChI=1S/C13H26N2O/c1-13(2,3)16-8-7-15-9-11-5-4-6-14-12(11)10-15/h11-12,14H,4-10H2,1-3H3/t11-,12+/m0/s1. The number of ether oxygens (including phenoxy) is 1. The van der Waals surface area contributed by atoms with Gasteiger partial charge in [-0.2, -0.15) is 0 Å². The molecule has 2 aliphatic rings. The van der Waals surface area contributed by atoms with Crippen LogP contribution < -0.4 is 5.32 Å². The number of nitrogens with zero attached hydrogens (tertiary/aromatic N) is 1. The second-order valence-electron chi connectivity index (χ2n) is 6.18. The van der Waals surface area contributed by atoms with E-state index in [1.54, 1.807) is 0 Å². The Balaban J connectivity index is 1.68. The van der Waals surface area contributed by atoms with Crippen LogP contribution in [0.15, 0.2) is 0 Å². The van der Waals surface area contributed by atoms with Crippen molar-refractivity contribution in [2.75, 3.05) is 32.8 Å². The molecule has 0 saturated carbocycles. The van der Waals surface area contributed by atoms with Gasteiger partial charge in [0.15, 0.2) is 0 Å². The van der Waals surface area contributed by atoms with E-state index in [9.17, 15) is 0 Å². The molecule has 3 heteroatoms. The van der Waals surface area contributed by atoms with E-state index in [-0.39, 0.29) is 5.60 Å². The van der Waals surface area contributed by atoms with E-state index in [1.165, 1.54) is 32.5 Å². The lowest BCUT2D eigenvalue weighted by Crippen LogP contribution is -2.40. The molecule has 0 aromatic rings. The zero-order chi connectivity index (χ0) is 11.6. The summed E-state index contributed by atoms with van der Waals surface area (Å²) in [5.74, 6) is 0.892. The lowest BCUT2D eigenvalue weighted by molar-refractivity contribution is -0.0113. The Morgan fingerprint density at radius 1 is 1.31 bits per heavy atom. The molecule has 0 unspecified atom stereocenters. The fraction of sp³-hybridized carbons (Fsp3) is 1.00. The van der Waals surface area contributed by atoms with Crippen LogP contribution in [0.2, 0.25) is 0 Å². The average molecular weight is 226 g/mol. The minimum atomic E-state index is 0.00470. The Hall–Kier alpha value is -0.120. The first-order valence-corrected chi connectivity index (χ1v) is 6.64. The first kappa shape index (κ1) is 12.3. The van der Waals surface area contributed by atoms with E-state index in [4.69, 9.17) is 4.74 Å². The molecule has 0 aromatic heterocycles. The number of likely N-dealkylation sites (tertiary alicyclic amines) is 1. The maximum absolute atomic E-state index is 5.78. The van der Waals surface area contributed by atoms with Crippen LogP contribution >= 0.6 is 0 Å². The quantitative estimate of drug-likeness (QED) is 0.789. The summed E-state index contributed by atoms with van der Waals surface area (Å²) < 4.78 is 5.78. The van der Waals surface area contributed by atoms with Gasteiger partial charge in [-0.3, -0.25) is 4.90 Å². The Kier molecular flexibility index (Phi) is 3.88. The van der Waals surface area contributed by atoms with E-state index in [1.807, 2.05) is 0 Å². The van der Waals surface area contributed by atoms with Crippen LogP contribution in [0.3, 0.4) is 0 Å². The highest BCUT2D eigenvalue weighted by Crippen LogP contribution is 2.24. The van der Waals surface area contributed by atoms with E-state index >= 15 is 0 Å². The summed E-state index contributed by atoms with van der Waals surface area (Å²) in [5.41, 5.74) is 0.00470. The molecule has 0 radical (unpaired) electrons. The fourth-order valence-corrected chi connectivity index (χ4v) is 2.80. The van der Waals surface area contributed by atoms with Gasteiger partial charge in [0.05, 0.1) is 12.2 Å². The minimum Gasteiger partial charge on any atom is -0.375 e. The molecule has 0 aromatic carbocycles. The van der Waals surface area contributed by atoms with Crippen molar-refractivity contribution in [1.82, 2.24) is 10.2 Å². The van der Waals surface area contributed by atoms with Crippen molar-refractivity contribution >= 4 is 0 Å². The van der Waals surface area contributed by atoms with Crippen molar-refractivity contribution < 1.29 is 4.74 Å². The Bertz CT molecular complexity index is 210. The summed E-state index contributed by atoms with van der Waals surface area (Å²) in [7, 11) is 0. The second kappa shape index (κ2) is 5.03. The van der Waals surface area contributed by atoms with E-state index in [2.05, 4.69) is 31.0 Å². The number of fused-ring (bicyclic) bond motifs is 1. The number of hydrogen-bond acceptors (Lipinski definition) is 3. The van der Waals surface area contributed by atoms with Gasteiger partial charge < -0.3 is 10.1 Å².